The van der Waals surface area contributed by atoms with E-state index in [-0.39, 0.29) is 12.2 Å². The van der Waals surface area contributed by atoms with Crippen LogP contribution in [0, 0.1) is 5.82 Å². The maximum atomic E-state index is 13.0. The highest BCUT2D eigenvalue weighted by molar-refractivity contribution is 6.27. The SMILES string of the molecule is CCOC(=O)/C(=C/C(=O)c1ccccc1)C(=O)c1ccc(F)cc1. The molecule has 5 heteroatoms. The van der Waals surface area contributed by atoms with Crippen LogP contribution >= 0.6 is 0 Å². The lowest BCUT2D eigenvalue weighted by Gasteiger charge is -2.06. The van der Waals surface area contributed by atoms with Crippen LogP contribution in [0.15, 0.2) is 66.2 Å². The van der Waals surface area contributed by atoms with E-state index in [0.717, 1.165) is 18.2 Å². The Labute approximate surface area is 138 Å². The van der Waals surface area contributed by atoms with Gasteiger partial charge in [0.05, 0.1) is 6.61 Å². The first-order valence-corrected chi connectivity index (χ1v) is 7.31. The van der Waals surface area contributed by atoms with Gasteiger partial charge in [0.15, 0.2) is 11.6 Å². The average Bonchev–Trinajstić information content (AvgIpc) is 2.60. The summed E-state index contributed by atoms with van der Waals surface area (Å²) in [6.45, 7) is 1.66. The van der Waals surface area contributed by atoms with Gasteiger partial charge in [0.25, 0.3) is 0 Å². The molecule has 0 aliphatic rings. The zero-order valence-electron chi connectivity index (χ0n) is 13.0. The van der Waals surface area contributed by atoms with Crippen molar-refractivity contribution < 1.29 is 23.5 Å². The number of ether oxygens (including phenoxy) is 1. The molecular formula is C19H15FO4. The third kappa shape index (κ3) is 4.23. The highest BCUT2D eigenvalue weighted by atomic mass is 19.1. The Balaban J connectivity index is 2.39. The Morgan fingerprint density at radius 2 is 1.58 bits per heavy atom. The van der Waals surface area contributed by atoms with Crippen LogP contribution < -0.4 is 0 Å². The molecule has 0 fully saturated rings. The molecule has 0 bridgehead atoms. The second-order valence-electron chi connectivity index (χ2n) is 4.84. The van der Waals surface area contributed by atoms with Crippen molar-refractivity contribution in [3.8, 4) is 0 Å². The smallest absolute Gasteiger partial charge is 0.342 e. The van der Waals surface area contributed by atoms with Crippen molar-refractivity contribution >= 4 is 17.5 Å². The summed E-state index contributed by atoms with van der Waals surface area (Å²) >= 11 is 0. The van der Waals surface area contributed by atoms with Crippen molar-refractivity contribution in [3.05, 3.63) is 83.2 Å². The zero-order chi connectivity index (χ0) is 17.5. The molecule has 122 valence electrons. The van der Waals surface area contributed by atoms with Crippen LogP contribution in [0.3, 0.4) is 0 Å². The summed E-state index contributed by atoms with van der Waals surface area (Å²) in [6.07, 6.45) is 0.957. The van der Waals surface area contributed by atoms with Crippen LogP contribution in [0.2, 0.25) is 0 Å². The van der Waals surface area contributed by atoms with Gasteiger partial charge in [-0.2, -0.15) is 0 Å². The van der Waals surface area contributed by atoms with Gasteiger partial charge in [-0.05, 0) is 31.2 Å². The van der Waals surface area contributed by atoms with E-state index >= 15 is 0 Å². The molecular weight excluding hydrogens is 311 g/mol. The molecule has 0 radical (unpaired) electrons. The normalized spacial score (nSPS) is 11.0. The number of Topliss-reactive ketones (excluding diaryl/α,β-unsaturated/α-hetero) is 1. The van der Waals surface area contributed by atoms with Crippen LogP contribution in [-0.2, 0) is 9.53 Å². The first kappa shape index (κ1) is 17.3. The third-order valence-corrected chi connectivity index (χ3v) is 3.18. The van der Waals surface area contributed by atoms with Crippen LogP contribution in [-0.4, -0.2) is 24.1 Å². The highest BCUT2D eigenvalue weighted by Gasteiger charge is 2.22. The van der Waals surface area contributed by atoms with Gasteiger partial charge in [-0.25, -0.2) is 9.18 Å². The Morgan fingerprint density at radius 1 is 0.958 bits per heavy atom. The number of hydrogen-bond donors (Lipinski definition) is 0. The molecule has 0 heterocycles. The first-order chi connectivity index (χ1) is 11.5. The summed E-state index contributed by atoms with van der Waals surface area (Å²) in [5, 5.41) is 0. The van der Waals surface area contributed by atoms with Crippen molar-refractivity contribution in [2.24, 2.45) is 0 Å². The lowest BCUT2D eigenvalue weighted by Crippen LogP contribution is -2.18. The molecule has 0 aliphatic carbocycles. The van der Waals surface area contributed by atoms with Crippen LogP contribution in [0.5, 0.6) is 0 Å². The van der Waals surface area contributed by atoms with E-state index in [9.17, 15) is 18.8 Å². The molecule has 0 saturated carbocycles. The zero-order valence-corrected chi connectivity index (χ0v) is 13.0. The molecule has 0 atom stereocenters. The number of benzene rings is 2. The average molecular weight is 326 g/mol. The molecule has 4 nitrogen and oxygen atoms in total. The van der Waals surface area contributed by atoms with E-state index in [1.54, 1.807) is 37.3 Å². The quantitative estimate of drug-likeness (QED) is 0.268. The summed E-state index contributed by atoms with van der Waals surface area (Å²) in [7, 11) is 0. The second-order valence-corrected chi connectivity index (χ2v) is 4.84. The van der Waals surface area contributed by atoms with Crippen molar-refractivity contribution in [2.75, 3.05) is 6.61 Å². The number of carbonyl (C=O) groups excluding carboxylic acids is 3. The largest absolute Gasteiger partial charge is 0.462 e. The first-order valence-electron chi connectivity index (χ1n) is 7.31. The molecule has 2 aromatic carbocycles. The number of allylic oxidation sites excluding steroid dienone is 1. The minimum absolute atomic E-state index is 0.0619. The molecule has 0 N–H and O–H groups in total. The summed E-state index contributed by atoms with van der Waals surface area (Å²) in [5.74, 6) is -2.59. The number of carbonyl (C=O) groups is 3. The maximum absolute atomic E-state index is 13.0. The van der Waals surface area contributed by atoms with Gasteiger partial charge in [-0.3, -0.25) is 9.59 Å². The number of halogens is 1. The van der Waals surface area contributed by atoms with Gasteiger partial charge >= 0.3 is 5.97 Å². The molecule has 0 spiro atoms. The number of ketones is 2. The topological polar surface area (TPSA) is 60.4 Å². The minimum atomic E-state index is -0.892. The lowest BCUT2D eigenvalue weighted by molar-refractivity contribution is -0.138. The summed E-state index contributed by atoms with van der Waals surface area (Å²) in [4.78, 5) is 36.8. The van der Waals surface area contributed by atoms with E-state index < -0.39 is 28.9 Å². The molecule has 0 saturated heterocycles. The lowest BCUT2D eigenvalue weighted by atomic mass is 10.0. The predicted octanol–water partition coefficient (Wildman–Crippen LogP) is 3.38. The summed E-state index contributed by atoms with van der Waals surface area (Å²) < 4.78 is 17.8. The van der Waals surface area contributed by atoms with Crippen LogP contribution in [0.1, 0.15) is 27.6 Å². The van der Waals surface area contributed by atoms with Gasteiger partial charge in [0.1, 0.15) is 11.4 Å². The van der Waals surface area contributed by atoms with Crippen LogP contribution in [0.4, 0.5) is 4.39 Å². The summed E-state index contributed by atoms with van der Waals surface area (Å²) in [5.41, 5.74) is 0.0417. The van der Waals surface area contributed by atoms with Crippen molar-refractivity contribution in [1.29, 1.82) is 0 Å². The minimum Gasteiger partial charge on any atom is -0.462 e. The van der Waals surface area contributed by atoms with Gasteiger partial charge in [-0.1, -0.05) is 30.3 Å². The second kappa shape index (κ2) is 7.97. The van der Waals surface area contributed by atoms with Gasteiger partial charge in [0.2, 0.25) is 0 Å². The Morgan fingerprint density at radius 3 is 2.17 bits per heavy atom. The van der Waals surface area contributed by atoms with E-state index in [1.807, 2.05) is 0 Å². The van der Waals surface area contributed by atoms with Crippen LogP contribution in [0.25, 0.3) is 0 Å². The fourth-order valence-corrected chi connectivity index (χ4v) is 2.00. The van der Waals surface area contributed by atoms with Gasteiger partial charge < -0.3 is 4.74 Å². The molecule has 0 aromatic heterocycles. The van der Waals surface area contributed by atoms with Gasteiger partial charge in [0, 0.05) is 17.2 Å². The standard InChI is InChI=1S/C19H15FO4/c1-2-24-19(23)16(12-17(21)13-6-4-3-5-7-13)18(22)14-8-10-15(20)11-9-14/h3-12H,2H2,1H3/b16-12+. The van der Waals surface area contributed by atoms with E-state index in [0.29, 0.717) is 5.56 Å². The fourth-order valence-electron chi connectivity index (χ4n) is 2.00. The molecule has 0 aliphatic heterocycles. The monoisotopic (exact) mass is 326 g/mol. The van der Waals surface area contributed by atoms with E-state index in [2.05, 4.69) is 0 Å². The predicted molar refractivity (Wildman–Crippen MR) is 86.2 cm³/mol. The van der Waals surface area contributed by atoms with E-state index in [1.165, 1.54) is 12.1 Å². The van der Waals surface area contributed by atoms with Crippen molar-refractivity contribution in [1.82, 2.24) is 0 Å². The Hall–Kier alpha value is -3.08. The highest BCUT2D eigenvalue weighted by Crippen LogP contribution is 2.13. The molecule has 2 aromatic rings. The van der Waals surface area contributed by atoms with Gasteiger partial charge in [-0.15, -0.1) is 0 Å². The third-order valence-electron chi connectivity index (χ3n) is 3.18. The van der Waals surface area contributed by atoms with Crippen molar-refractivity contribution in [2.45, 2.75) is 6.92 Å². The van der Waals surface area contributed by atoms with Crippen molar-refractivity contribution in [3.63, 3.8) is 0 Å². The maximum Gasteiger partial charge on any atom is 0.342 e. The Kier molecular flexibility index (Phi) is 5.73. The number of esters is 1. The number of hydrogen-bond acceptors (Lipinski definition) is 4. The fraction of sp³-hybridized carbons (Fsp3) is 0.105. The Bertz CT molecular complexity index is 777. The molecule has 24 heavy (non-hydrogen) atoms. The summed E-state index contributed by atoms with van der Waals surface area (Å²) in [6, 6.07) is 12.9. The molecule has 2 rings (SSSR count). The molecule has 0 amide bonds. The number of rotatable bonds is 6. The molecule has 0 unspecified atom stereocenters. The van der Waals surface area contributed by atoms with E-state index in [4.69, 9.17) is 4.74 Å².